The Hall–Kier alpha value is -1.05. The zero-order valence-corrected chi connectivity index (χ0v) is 7.78. The molecule has 0 N–H and O–H groups in total. The zero-order chi connectivity index (χ0) is 9.22. The summed E-state index contributed by atoms with van der Waals surface area (Å²) in [6.07, 6.45) is 5.77. The Morgan fingerprint density at radius 2 is 2.31 bits per heavy atom. The minimum absolute atomic E-state index is 0.173. The molecule has 1 aliphatic heterocycles. The smallest absolute Gasteiger partial charge is 0.331 e. The Kier molecular flexibility index (Phi) is 1.07. The summed E-state index contributed by atoms with van der Waals surface area (Å²) in [5.74, 6) is 1.38. The van der Waals surface area contributed by atoms with Gasteiger partial charge in [-0.1, -0.05) is 18.6 Å². The van der Waals surface area contributed by atoms with Gasteiger partial charge in [-0.05, 0) is 18.9 Å². The lowest BCUT2D eigenvalue weighted by Crippen LogP contribution is -2.18. The van der Waals surface area contributed by atoms with Crippen molar-refractivity contribution < 1.29 is 9.53 Å². The van der Waals surface area contributed by atoms with E-state index in [4.69, 9.17) is 4.74 Å². The molecular weight excluding hydrogens is 164 g/mol. The van der Waals surface area contributed by atoms with Crippen molar-refractivity contribution in [3.05, 3.63) is 23.8 Å². The van der Waals surface area contributed by atoms with Crippen LogP contribution in [0, 0.1) is 17.8 Å². The van der Waals surface area contributed by atoms with E-state index in [-0.39, 0.29) is 11.6 Å². The molecule has 68 valence electrons. The normalized spacial score (nSPS) is 50.8. The maximum absolute atomic E-state index is 11.0. The van der Waals surface area contributed by atoms with Crippen molar-refractivity contribution in [1.82, 2.24) is 0 Å². The quantitative estimate of drug-likeness (QED) is 0.414. The van der Waals surface area contributed by atoms with Gasteiger partial charge < -0.3 is 4.74 Å². The molecule has 4 atom stereocenters. The Balaban J connectivity index is 1.95. The van der Waals surface area contributed by atoms with Gasteiger partial charge in [-0.25, -0.2) is 4.79 Å². The van der Waals surface area contributed by atoms with E-state index in [1.807, 2.05) is 6.08 Å². The molecule has 0 aromatic carbocycles. The second kappa shape index (κ2) is 1.89. The second-order valence-corrected chi connectivity index (χ2v) is 4.36. The summed E-state index contributed by atoms with van der Waals surface area (Å²) < 4.78 is 5.35. The van der Waals surface area contributed by atoms with E-state index in [0.717, 1.165) is 0 Å². The lowest BCUT2D eigenvalue weighted by atomic mass is 9.97. The molecule has 1 heterocycles. The van der Waals surface area contributed by atoms with E-state index in [0.29, 0.717) is 17.8 Å². The minimum Gasteiger partial charge on any atom is -0.451 e. The average molecular weight is 176 g/mol. The lowest BCUT2D eigenvalue weighted by molar-refractivity contribution is -0.141. The Bertz CT molecular complexity index is 353. The number of ether oxygens (including phenoxy) is 1. The predicted molar refractivity (Wildman–Crippen MR) is 47.9 cm³/mol. The maximum atomic E-state index is 11.0. The molecule has 0 amide bonds. The van der Waals surface area contributed by atoms with E-state index in [2.05, 4.69) is 19.9 Å². The van der Waals surface area contributed by atoms with E-state index in [1.54, 1.807) is 6.08 Å². The van der Waals surface area contributed by atoms with Gasteiger partial charge in [0.1, 0.15) is 5.60 Å². The highest BCUT2D eigenvalue weighted by molar-refractivity contribution is 5.86. The van der Waals surface area contributed by atoms with Crippen molar-refractivity contribution in [1.29, 1.82) is 0 Å². The van der Waals surface area contributed by atoms with Crippen LogP contribution < -0.4 is 0 Å². The van der Waals surface area contributed by atoms with Gasteiger partial charge in [-0.3, -0.25) is 0 Å². The van der Waals surface area contributed by atoms with Gasteiger partial charge >= 0.3 is 5.97 Å². The standard InChI is InChI=1S/C11H12O2/c1-6-5-8-10(7(6)2)11(8)4-3-9(12)13-11/h3-5,7-8,10H,1-2H3/t7?,8?,10?,11-/m0/s1. The molecule has 1 spiro atoms. The fourth-order valence-corrected chi connectivity index (χ4v) is 2.89. The molecule has 0 saturated heterocycles. The molecule has 0 aromatic rings. The van der Waals surface area contributed by atoms with Crippen molar-refractivity contribution in [3.63, 3.8) is 0 Å². The number of carbonyl (C=O) groups is 1. The minimum atomic E-state index is -0.226. The van der Waals surface area contributed by atoms with Crippen molar-refractivity contribution in [3.8, 4) is 0 Å². The third-order valence-electron chi connectivity index (χ3n) is 3.78. The number of rotatable bonds is 0. The highest BCUT2D eigenvalue weighted by Crippen LogP contribution is 2.65. The van der Waals surface area contributed by atoms with Gasteiger partial charge in [0.05, 0.1) is 0 Å². The lowest BCUT2D eigenvalue weighted by Gasteiger charge is -2.15. The topological polar surface area (TPSA) is 26.3 Å². The summed E-state index contributed by atoms with van der Waals surface area (Å²) in [6, 6.07) is 0. The molecule has 0 bridgehead atoms. The summed E-state index contributed by atoms with van der Waals surface area (Å²) >= 11 is 0. The van der Waals surface area contributed by atoms with Crippen LogP contribution in [0.4, 0.5) is 0 Å². The Morgan fingerprint density at radius 3 is 2.77 bits per heavy atom. The van der Waals surface area contributed by atoms with Gasteiger partial charge in [0.2, 0.25) is 0 Å². The molecule has 3 unspecified atom stereocenters. The molecule has 0 radical (unpaired) electrons. The highest BCUT2D eigenvalue weighted by Gasteiger charge is 2.71. The summed E-state index contributed by atoms with van der Waals surface area (Å²) in [5, 5.41) is 0. The first-order valence-corrected chi connectivity index (χ1v) is 4.76. The first kappa shape index (κ1) is 7.36. The molecule has 3 aliphatic rings. The van der Waals surface area contributed by atoms with Crippen molar-refractivity contribution in [2.24, 2.45) is 17.8 Å². The van der Waals surface area contributed by atoms with Crippen LogP contribution >= 0.6 is 0 Å². The molecule has 13 heavy (non-hydrogen) atoms. The van der Waals surface area contributed by atoms with Crippen LogP contribution in [0.5, 0.6) is 0 Å². The summed E-state index contributed by atoms with van der Waals surface area (Å²) in [5.41, 5.74) is 1.22. The van der Waals surface area contributed by atoms with E-state index < -0.39 is 0 Å². The molecule has 1 fully saturated rings. The van der Waals surface area contributed by atoms with Crippen molar-refractivity contribution in [2.45, 2.75) is 19.4 Å². The van der Waals surface area contributed by atoms with Gasteiger partial charge in [0, 0.05) is 17.9 Å². The maximum Gasteiger partial charge on any atom is 0.331 e. The number of hydrogen-bond acceptors (Lipinski definition) is 2. The number of esters is 1. The SMILES string of the molecule is CC1=CC2C(C1C)[C@]21C=CC(=O)O1. The highest BCUT2D eigenvalue weighted by atomic mass is 16.6. The van der Waals surface area contributed by atoms with Gasteiger partial charge in [0.15, 0.2) is 0 Å². The zero-order valence-electron chi connectivity index (χ0n) is 7.78. The van der Waals surface area contributed by atoms with Crippen LogP contribution in [0.1, 0.15) is 13.8 Å². The molecule has 1 saturated carbocycles. The van der Waals surface area contributed by atoms with Gasteiger partial charge in [-0.2, -0.15) is 0 Å². The molecular formula is C11H12O2. The first-order chi connectivity index (χ1) is 6.15. The second-order valence-electron chi connectivity index (χ2n) is 4.36. The average Bonchev–Trinajstić information content (AvgIpc) is 2.40. The number of hydrogen-bond donors (Lipinski definition) is 0. The summed E-state index contributed by atoms with van der Waals surface area (Å²) in [4.78, 5) is 11.0. The van der Waals surface area contributed by atoms with Crippen LogP contribution in [0.3, 0.4) is 0 Å². The third kappa shape index (κ3) is 0.679. The summed E-state index contributed by atoms with van der Waals surface area (Å²) in [6.45, 7) is 4.37. The fourth-order valence-electron chi connectivity index (χ4n) is 2.89. The van der Waals surface area contributed by atoms with E-state index in [9.17, 15) is 4.79 Å². The predicted octanol–water partition coefficient (Wildman–Crippen LogP) is 1.68. The molecule has 2 nitrogen and oxygen atoms in total. The van der Waals surface area contributed by atoms with Crippen LogP contribution in [0.2, 0.25) is 0 Å². The molecule has 2 heteroatoms. The van der Waals surface area contributed by atoms with E-state index in [1.165, 1.54) is 5.57 Å². The van der Waals surface area contributed by atoms with Crippen molar-refractivity contribution >= 4 is 5.97 Å². The van der Waals surface area contributed by atoms with Gasteiger partial charge in [0.25, 0.3) is 0 Å². The Labute approximate surface area is 77.3 Å². The number of allylic oxidation sites excluding steroid dienone is 1. The third-order valence-corrected chi connectivity index (χ3v) is 3.78. The fraction of sp³-hybridized carbons (Fsp3) is 0.545. The number of carbonyl (C=O) groups excluding carboxylic acids is 1. The van der Waals surface area contributed by atoms with Crippen LogP contribution in [-0.2, 0) is 9.53 Å². The van der Waals surface area contributed by atoms with Crippen LogP contribution in [-0.4, -0.2) is 11.6 Å². The monoisotopic (exact) mass is 176 g/mol. The van der Waals surface area contributed by atoms with Crippen LogP contribution in [0.25, 0.3) is 0 Å². The summed E-state index contributed by atoms with van der Waals surface area (Å²) in [7, 11) is 0. The molecule has 3 rings (SSSR count). The Morgan fingerprint density at radius 1 is 1.54 bits per heavy atom. The molecule has 2 aliphatic carbocycles. The first-order valence-electron chi connectivity index (χ1n) is 4.76. The van der Waals surface area contributed by atoms with Gasteiger partial charge in [-0.15, -0.1) is 0 Å². The largest absolute Gasteiger partial charge is 0.451 e. The van der Waals surface area contributed by atoms with E-state index >= 15 is 0 Å². The van der Waals surface area contributed by atoms with Crippen LogP contribution in [0.15, 0.2) is 23.8 Å². The molecule has 0 aromatic heterocycles. The van der Waals surface area contributed by atoms with Crippen molar-refractivity contribution in [2.75, 3.05) is 0 Å². The number of fused-ring (bicyclic) bond motifs is 3.